The number of nitro groups is 4. The molecule has 10 rings (SSSR count). The van der Waals surface area contributed by atoms with Gasteiger partial charge in [0.1, 0.15) is 29.1 Å². The Kier molecular flexibility index (Phi) is 15.7. The fourth-order valence-electron chi connectivity index (χ4n) is 9.66. The highest BCUT2D eigenvalue weighted by molar-refractivity contribution is 7.88. The number of aliphatic hydroxyl groups excluding tert-OH is 2. The first-order chi connectivity index (χ1) is 41.9. The van der Waals surface area contributed by atoms with Gasteiger partial charge < -0.3 is 51.7 Å². The zero-order valence-corrected chi connectivity index (χ0v) is 47.3. The second-order valence-electron chi connectivity index (χ2n) is 19.1. The van der Waals surface area contributed by atoms with Crippen LogP contribution in [0.1, 0.15) is 34.5 Å². The van der Waals surface area contributed by atoms with Crippen molar-refractivity contribution in [1.82, 2.24) is 0 Å². The summed E-state index contributed by atoms with van der Waals surface area (Å²) < 4.78 is 144. The molecule has 0 fully saturated rings. The summed E-state index contributed by atoms with van der Waals surface area (Å²) in [4.78, 5) is 53.3. The first kappa shape index (κ1) is 61.3. The van der Waals surface area contributed by atoms with E-state index in [1.807, 2.05) is 0 Å². The third-order valence-electron chi connectivity index (χ3n) is 13.5. The molecule has 460 valence electrons. The first-order valence-electron chi connectivity index (χ1n) is 24.9. The molecule has 0 saturated heterocycles. The van der Waals surface area contributed by atoms with E-state index in [0.717, 1.165) is 121 Å². The predicted molar refractivity (Wildman–Crippen MR) is 298 cm³/mol. The van der Waals surface area contributed by atoms with Gasteiger partial charge in [-0.3, -0.25) is 45.3 Å². The van der Waals surface area contributed by atoms with E-state index in [1.165, 1.54) is 0 Å². The molecular weight excluding hydrogens is 1270 g/mol. The second kappa shape index (κ2) is 22.8. The number of phenols is 2. The highest BCUT2D eigenvalue weighted by atomic mass is 32.2. The summed E-state index contributed by atoms with van der Waals surface area (Å²) in [7, 11) is -21.2. The Morgan fingerprint density at radius 1 is 0.449 bits per heavy atom. The topological polar surface area (TPSA) is 483 Å². The molecule has 0 spiro atoms. The van der Waals surface area contributed by atoms with Crippen molar-refractivity contribution in [2.75, 3.05) is 0 Å². The fraction of sp³-hybridized carbons (Fsp3) is 0.113. The molecule has 2 heterocycles. The van der Waals surface area contributed by atoms with Crippen LogP contribution in [0.3, 0.4) is 0 Å². The number of aromatic hydroxyl groups is 3. The van der Waals surface area contributed by atoms with Gasteiger partial charge in [0.25, 0.3) is 22.7 Å². The maximum Gasteiger partial charge on any atom is 0.346 e. The standard InChI is InChI=1S/C53H36N4O28S4/c58-37-18-26(52-39(60)24-31-41(80-52)19-27(82-86(72,73)45-13-5-1-9-33(45)54(64)65)21-43(31)84-88(76,77)47-15-7-3-11-35(47)56(68)69)17-29-30(23-38(59)51(63)49(29)50(37)62)53-40(61)25-32-42(81-53)20-28(83-87(74,75)46-14-6-2-10-34(46)55(66)67)22-44(32)85-89(78,79)48-16-8-4-12-36(48)57(70)71/h1-23,39-40,52-53,59-61,63H,24-25H2,(H,58,62)/t39-,40+,52-,53-/m1/s1. The number of nitrogens with zero attached hydrogens (tertiary/aromatic N) is 4. The van der Waals surface area contributed by atoms with Gasteiger partial charge >= 0.3 is 40.5 Å². The van der Waals surface area contributed by atoms with Crippen LogP contribution in [0.4, 0.5) is 22.7 Å². The number of ether oxygens (including phenoxy) is 2. The van der Waals surface area contributed by atoms with Crippen LogP contribution in [-0.4, -0.2) is 91.1 Å². The van der Waals surface area contributed by atoms with Gasteiger partial charge in [0.05, 0.1) is 37.3 Å². The number of fused-ring (bicyclic) bond motifs is 3. The number of phenolic OH excluding ortho intramolecular Hbond substituents is 2. The summed E-state index contributed by atoms with van der Waals surface area (Å²) >= 11 is 0. The minimum atomic E-state index is -5.32. The van der Waals surface area contributed by atoms with Gasteiger partial charge in [0.2, 0.25) is 5.43 Å². The average molecular weight is 1310 g/mol. The molecule has 0 unspecified atom stereocenters. The van der Waals surface area contributed by atoms with Crippen LogP contribution in [0, 0.1) is 40.5 Å². The van der Waals surface area contributed by atoms with Crippen molar-refractivity contribution in [1.29, 1.82) is 0 Å². The number of rotatable bonds is 18. The van der Waals surface area contributed by atoms with E-state index in [4.69, 9.17) is 26.2 Å². The lowest BCUT2D eigenvalue weighted by Crippen LogP contribution is -2.31. The van der Waals surface area contributed by atoms with Gasteiger partial charge in [-0.2, -0.15) is 33.7 Å². The van der Waals surface area contributed by atoms with E-state index in [2.05, 4.69) is 0 Å². The summed E-state index contributed by atoms with van der Waals surface area (Å²) in [5, 5.41) is 104. The SMILES string of the molecule is O=c1cc([C@H]2Oc3cc(OS(=O)(=O)c4ccccc4[N+](=O)[O-])cc(OS(=O)(=O)c4ccccc4[N+](=O)[O-])c3C[C@H]2O)cc2c([C@H]3Oc4cc(OS(=O)(=O)c5ccccc5[N+](=O)[O-])cc(OS(=O)(=O)c5ccccc5[N+](=O)[O-])c4C[C@@H]3O)cc(O)c(O)c2c1O. The number of hydrogen-bond donors (Lipinski definition) is 5. The molecule has 8 aromatic rings. The fourth-order valence-corrected chi connectivity index (χ4v) is 14.1. The Morgan fingerprint density at radius 2 is 0.798 bits per heavy atom. The van der Waals surface area contributed by atoms with E-state index in [9.17, 15) is 104 Å². The van der Waals surface area contributed by atoms with Crippen LogP contribution in [0.5, 0.6) is 51.7 Å². The molecule has 89 heavy (non-hydrogen) atoms. The van der Waals surface area contributed by atoms with Crippen molar-refractivity contribution in [3.8, 4) is 51.7 Å². The zero-order valence-electron chi connectivity index (χ0n) is 44.1. The number of benzene rings is 7. The highest BCUT2D eigenvalue weighted by Gasteiger charge is 2.41. The summed E-state index contributed by atoms with van der Waals surface area (Å²) in [5.74, 6) is -8.52. The van der Waals surface area contributed by atoms with Crippen LogP contribution in [0.2, 0.25) is 0 Å². The Bertz CT molecular complexity index is 4920. The molecular formula is C53H36N4O28S4. The Labute approximate surface area is 497 Å². The van der Waals surface area contributed by atoms with Gasteiger partial charge in [-0.25, -0.2) is 0 Å². The summed E-state index contributed by atoms with van der Waals surface area (Å²) in [6.07, 6.45) is -9.47. The third kappa shape index (κ3) is 11.7. The van der Waals surface area contributed by atoms with E-state index < -0.39 is 230 Å². The second-order valence-corrected chi connectivity index (χ2v) is 25.1. The molecule has 8 aromatic carbocycles. The first-order valence-corrected chi connectivity index (χ1v) is 30.5. The van der Waals surface area contributed by atoms with Crippen molar-refractivity contribution in [3.63, 3.8) is 0 Å². The number of nitro benzene ring substituents is 4. The molecule has 0 bridgehead atoms. The number of hydrogen-bond acceptors (Lipinski definition) is 28. The van der Waals surface area contributed by atoms with Gasteiger partial charge in [0.15, 0.2) is 54.4 Å². The normalized spacial score (nSPS) is 16.5. The quantitative estimate of drug-likeness (QED) is 0.0280. The molecule has 0 radical (unpaired) electrons. The van der Waals surface area contributed by atoms with Gasteiger partial charge in [-0.05, 0) is 53.4 Å². The Morgan fingerprint density at radius 3 is 1.18 bits per heavy atom. The summed E-state index contributed by atoms with van der Waals surface area (Å²) in [5.41, 5.74) is -7.13. The van der Waals surface area contributed by atoms with Gasteiger partial charge in [-0.15, -0.1) is 0 Å². The van der Waals surface area contributed by atoms with E-state index in [0.29, 0.717) is 18.2 Å². The average Bonchev–Trinajstić information content (AvgIpc) is 2.58. The van der Waals surface area contributed by atoms with Crippen LogP contribution < -0.4 is 31.6 Å². The zero-order chi connectivity index (χ0) is 64.4. The maximum absolute atomic E-state index is 14.0. The lowest BCUT2D eigenvalue weighted by atomic mass is 9.90. The third-order valence-corrected chi connectivity index (χ3v) is 18.7. The monoisotopic (exact) mass is 1300 g/mol. The van der Waals surface area contributed by atoms with Crippen molar-refractivity contribution >= 4 is 74.0 Å². The molecule has 36 heteroatoms. The van der Waals surface area contributed by atoms with Crippen LogP contribution in [0.15, 0.2) is 164 Å². The smallest absolute Gasteiger partial charge is 0.346 e. The minimum absolute atomic E-state index is 0.418. The molecule has 0 aliphatic carbocycles. The Balaban J connectivity index is 1.11. The predicted octanol–water partition coefficient (Wildman–Crippen LogP) is 6.09. The summed E-state index contributed by atoms with van der Waals surface area (Å²) in [6.45, 7) is 0. The molecule has 0 amide bonds. The van der Waals surface area contributed by atoms with Crippen molar-refractivity contribution < 1.29 is 105 Å². The van der Waals surface area contributed by atoms with Crippen molar-refractivity contribution in [3.05, 3.63) is 212 Å². The lowest BCUT2D eigenvalue weighted by molar-refractivity contribution is -0.388. The van der Waals surface area contributed by atoms with Crippen LogP contribution >= 0.6 is 0 Å². The van der Waals surface area contributed by atoms with Crippen molar-refractivity contribution in [2.24, 2.45) is 0 Å². The molecule has 2 aliphatic heterocycles. The largest absolute Gasteiger partial charge is 0.504 e. The molecule has 32 nitrogen and oxygen atoms in total. The number of para-hydroxylation sites is 4. The Hall–Kier alpha value is -10.8. The van der Waals surface area contributed by atoms with E-state index in [1.54, 1.807) is 0 Å². The molecule has 0 aromatic heterocycles. The highest BCUT2D eigenvalue weighted by Crippen LogP contribution is 2.50. The van der Waals surface area contributed by atoms with E-state index >= 15 is 0 Å². The van der Waals surface area contributed by atoms with Crippen LogP contribution in [-0.2, 0) is 53.3 Å². The van der Waals surface area contributed by atoms with Crippen molar-refractivity contribution in [2.45, 2.75) is 56.8 Å². The van der Waals surface area contributed by atoms with E-state index in [-0.39, 0.29) is 0 Å². The van der Waals surface area contributed by atoms with Crippen LogP contribution in [0.25, 0.3) is 10.8 Å². The summed E-state index contributed by atoms with van der Waals surface area (Å²) in [6, 6.07) is 20.6. The molecule has 5 N–H and O–H groups in total. The van der Waals surface area contributed by atoms with Gasteiger partial charge in [0, 0.05) is 78.1 Å². The molecule has 4 atom stereocenters. The maximum atomic E-state index is 14.0. The minimum Gasteiger partial charge on any atom is -0.504 e. The number of aliphatic hydroxyl groups is 2. The molecule has 2 aliphatic rings. The lowest BCUT2D eigenvalue weighted by Gasteiger charge is -2.33. The molecule has 0 saturated carbocycles. The van der Waals surface area contributed by atoms with Gasteiger partial charge in [-0.1, -0.05) is 48.5 Å².